The molecular formula is C17H18ClNO2. The third-order valence-corrected chi connectivity index (χ3v) is 4.50. The monoisotopic (exact) mass is 303 g/mol. The van der Waals surface area contributed by atoms with Gasteiger partial charge in [0.05, 0.1) is 12.0 Å². The summed E-state index contributed by atoms with van der Waals surface area (Å²) in [4.78, 5) is 12.5. The number of fused-ring (bicyclic) bond motifs is 3. The van der Waals surface area contributed by atoms with Crippen LogP contribution < -0.4 is 10.1 Å². The summed E-state index contributed by atoms with van der Waals surface area (Å²) in [6, 6.07) is 12.0. The van der Waals surface area contributed by atoms with E-state index >= 15 is 0 Å². The molecule has 2 aliphatic rings. The van der Waals surface area contributed by atoms with Gasteiger partial charge in [-0.3, -0.25) is 4.79 Å². The van der Waals surface area contributed by atoms with Crippen LogP contribution in [0, 0.1) is 0 Å². The Morgan fingerprint density at radius 3 is 2.62 bits per heavy atom. The third-order valence-electron chi connectivity index (χ3n) is 4.50. The van der Waals surface area contributed by atoms with E-state index < -0.39 is 0 Å². The number of piperidine rings is 1. The summed E-state index contributed by atoms with van der Waals surface area (Å²) in [6.07, 6.45) is 2.32. The molecule has 2 aromatic carbocycles. The Hall–Kier alpha value is -1.58. The summed E-state index contributed by atoms with van der Waals surface area (Å²) < 4.78 is 6.38. The molecule has 0 amide bonds. The molecule has 3 nitrogen and oxygen atoms in total. The van der Waals surface area contributed by atoms with Gasteiger partial charge in [-0.05, 0) is 24.5 Å². The second kappa shape index (κ2) is 5.32. The molecule has 21 heavy (non-hydrogen) atoms. The van der Waals surface area contributed by atoms with E-state index in [1.54, 1.807) is 0 Å². The first kappa shape index (κ1) is 14.4. The minimum Gasteiger partial charge on any atom is -0.485 e. The van der Waals surface area contributed by atoms with Gasteiger partial charge in [0.2, 0.25) is 0 Å². The fourth-order valence-electron chi connectivity index (χ4n) is 3.37. The van der Waals surface area contributed by atoms with Gasteiger partial charge in [-0.15, -0.1) is 12.4 Å². The van der Waals surface area contributed by atoms with Crippen molar-refractivity contribution in [2.24, 2.45) is 0 Å². The Bertz CT molecular complexity index is 692. The fourth-order valence-corrected chi connectivity index (χ4v) is 3.37. The van der Waals surface area contributed by atoms with Crippen molar-refractivity contribution in [3.05, 3.63) is 42.0 Å². The summed E-state index contributed by atoms with van der Waals surface area (Å²) in [5.41, 5.74) is 0.451. The Kier molecular flexibility index (Phi) is 3.64. The first-order chi connectivity index (χ1) is 9.77. The third kappa shape index (κ3) is 2.30. The van der Waals surface area contributed by atoms with E-state index in [2.05, 4.69) is 11.4 Å². The largest absolute Gasteiger partial charge is 0.485 e. The van der Waals surface area contributed by atoms with Gasteiger partial charge in [0.25, 0.3) is 0 Å². The molecule has 4 rings (SSSR count). The van der Waals surface area contributed by atoms with E-state index in [9.17, 15) is 4.79 Å². The summed E-state index contributed by atoms with van der Waals surface area (Å²) in [6.45, 7) is 1.85. The van der Waals surface area contributed by atoms with E-state index in [0.29, 0.717) is 6.42 Å². The molecule has 2 aromatic rings. The lowest BCUT2D eigenvalue weighted by molar-refractivity contribution is 0.0200. The summed E-state index contributed by atoms with van der Waals surface area (Å²) in [5.74, 6) is 1.01. The van der Waals surface area contributed by atoms with Crippen LogP contribution in [0.25, 0.3) is 10.8 Å². The Balaban J connectivity index is 0.00000132. The second-order valence-electron chi connectivity index (χ2n) is 5.80. The molecule has 0 bridgehead atoms. The molecular weight excluding hydrogens is 286 g/mol. The number of hydrogen-bond acceptors (Lipinski definition) is 3. The number of ether oxygens (including phenoxy) is 1. The maximum atomic E-state index is 12.5. The van der Waals surface area contributed by atoms with Crippen LogP contribution in [0.2, 0.25) is 0 Å². The first-order valence-electron chi connectivity index (χ1n) is 7.22. The number of rotatable bonds is 0. The minimum absolute atomic E-state index is 0. The van der Waals surface area contributed by atoms with Crippen molar-refractivity contribution in [2.45, 2.75) is 24.9 Å². The predicted octanol–water partition coefficient (Wildman–Crippen LogP) is 3.35. The normalized spacial score (nSPS) is 19.7. The van der Waals surface area contributed by atoms with Crippen molar-refractivity contribution >= 4 is 29.0 Å². The molecule has 110 valence electrons. The lowest BCUT2D eigenvalue weighted by Gasteiger charge is -2.41. The zero-order chi connectivity index (χ0) is 13.6. The van der Waals surface area contributed by atoms with Crippen LogP contribution in [-0.4, -0.2) is 24.5 Å². The predicted molar refractivity (Wildman–Crippen MR) is 85.6 cm³/mol. The lowest BCUT2D eigenvalue weighted by Crippen LogP contribution is -2.49. The zero-order valence-corrected chi connectivity index (χ0v) is 12.5. The number of ketones is 1. The van der Waals surface area contributed by atoms with E-state index in [1.165, 1.54) is 0 Å². The Labute approximate surface area is 130 Å². The molecule has 1 N–H and O–H groups in total. The van der Waals surface area contributed by atoms with Gasteiger partial charge in [0, 0.05) is 18.2 Å². The molecule has 2 aliphatic heterocycles. The molecule has 0 aromatic heterocycles. The molecule has 0 radical (unpaired) electrons. The molecule has 0 unspecified atom stereocenters. The maximum absolute atomic E-state index is 12.5. The molecule has 0 saturated carbocycles. The second-order valence-corrected chi connectivity index (χ2v) is 5.80. The minimum atomic E-state index is -0.292. The summed E-state index contributed by atoms with van der Waals surface area (Å²) >= 11 is 0. The van der Waals surface area contributed by atoms with Crippen LogP contribution in [0.15, 0.2) is 36.4 Å². The van der Waals surface area contributed by atoms with Crippen molar-refractivity contribution in [1.82, 2.24) is 5.32 Å². The van der Waals surface area contributed by atoms with Gasteiger partial charge in [-0.1, -0.05) is 30.3 Å². The molecule has 1 spiro atoms. The van der Waals surface area contributed by atoms with E-state index in [0.717, 1.165) is 48.0 Å². The Morgan fingerprint density at radius 1 is 1.05 bits per heavy atom. The van der Waals surface area contributed by atoms with Gasteiger partial charge < -0.3 is 10.1 Å². The number of Topliss-reactive ketones (excluding diaryl/α,β-unsaturated/α-hetero) is 1. The fraction of sp³-hybridized carbons (Fsp3) is 0.353. The van der Waals surface area contributed by atoms with E-state index in [1.807, 2.05) is 30.3 Å². The number of benzene rings is 2. The molecule has 1 saturated heterocycles. The number of carbonyl (C=O) groups excluding carboxylic acids is 1. The van der Waals surface area contributed by atoms with Crippen LogP contribution in [0.1, 0.15) is 29.6 Å². The topological polar surface area (TPSA) is 38.3 Å². The van der Waals surface area contributed by atoms with Crippen LogP contribution >= 0.6 is 12.4 Å². The van der Waals surface area contributed by atoms with Crippen LogP contribution in [0.5, 0.6) is 5.75 Å². The number of nitrogens with one attached hydrogen (secondary N) is 1. The number of carbonyl (C=O) groups is 1. The average molecular weight is 304 g/mol. The molecule has 2 heterocycles. The molecule has 0 atom stereocenters. The van der Waals surface area contributed by atoms with Crippen molar-refractivity contribution in [2.75, 3.05) is 13.1 Å². The average Bonchev–Trinajstić information content (AvgIpc) is 2.48. The SMILES string of the molecule is Cl.O=C1CC2(CCNCC2)Oc2c1ccc1ccccc21. The van der Waals surface area contributed by atoms with Gasteiger partial charge >= 0.3 is 0 Å². The van der Waals surface area contributed by atoms with E-state index in [-0.39, 0.29) is 23.8 Å². The van der Waals surface area contributed by atoms with Gasteiger partial charge in [0.15, 0.2) is 5.78 Å². The number of halogens is 1. The highest BCUT2D eigenvalue weighted by atomic mass is 35.5. The van der Waals surface area contributed by atoms with Gasteiger partial charge in [-0.2, -0.15) is 0 Å². The van der Waals surface area contributed by atoms with Crippen molar-refractivity contribution in [3.8, 4) is 5.75 Å². The smallest absolute Gasteiger partial charge is 0.170 e. The Morgan fingerprint density at radius 2 is 1.81 bits per heavy atom. The van der Waals surface area contributed by atoms with Gasteiger partial charge in [0.1, 0.15) is 11.4 Å². The first-order valence-corrected chi connectivity index (χ1v) is 7.22. The van der Waals surface area contributed by atoms with Crippen LogP contribution in [0.3, 0.4) is 0 Å². The van der Waals surface area contributed by atoms with Crippen molar-refractivity contribution in [3.63, 3.8) is 0 Å². The number of hydrogen-bond donors (Lipinski definition) is 1. The summed E-state index contributed by atoms with van der Waals surface area (Å²) in [5, 5.41) is 5.52. The molecule has 4 heteroatoms. The lowest BCUT2D eigenvalue weighted by atomic mass is 9.82. The molecule has 1 fully saturated rings. The van der Waals surface area contributed by atoms with E-state index in [4.69, 9.17) is 4.74 Å². The van der Waals surface area contributed by atoms with Crippen LogP contribution in [-0.2, 0) is 0 Å². The van der Waals surface area contributed by atoms with Crippen molar-refractivity contribution < 1.29 is 9.53 Å². The highest BCUT2D eigenvalue weighted by Gasteiger charge is 2.41. The van der Waals surface area contributed by atoms with Gasteiger partial charge in [-0.25, -0.2) is 0 Å². The van der Waals surface area contributed by atoms with Crippen molar-refractivity contribution in [1.29, 1.82) is 0 Å². The maximum Gasteiger partial charge on any atom is 0.170 e. The highest BCUT2D eigenvalue weighted by Crippen LogP contribution is 2.41. The highest BCUT2D eigenvalue weighted by molar-refractivity contribution is 6.06. The molecule has 0 aliphatic carbocycles. The standard InChI is InChI=1S/C17H17NO2.ClH/c19-15-11-17(7-9-18-10-8-17)20-16-13-4-2-1-3-12(13)5-6-14(15)16;/h1-6,18H,7-11H2;1H. The quantitative estimate of drug-likeness (QED) is 0.811. The zero-order valence-electron chi connectivity index (χ0n) is 11.7. The van der Waals surface area contributed by atoms with Crippen LogP contribution in [0.4, 0.5) is 0 Å². The summed E-state index contributed by atoms with van der Waals surface area (Å²) in [7, 11) is 0.